The fourth-order valence-corrected chi connectivity index (χ4v) is 2.13. The van der Waals surface area contributed by atoms with Gasteiger partial charge in [0.25, 0.3) is 0 Å². The van der Waals surface area contributed by atoms with Gasteiger partial charge < -0.3 is 10.5 Å². The van der Waals surface area contributed by atoms with Crippen LogP contribution in [-0.4, -0.2) is 28.5 Å². The Labute approximate surface area is 162 Å². The molecule has 28 heavy (non-hydrogen) atoms. The normalized spacial score (nSPS) is 9.57. The van der Waals surface area contributed by atoms with Gasteiger partial charge in [-0.25, -0.2) is 9.97 Å². The third-order valence-corrected chi connectivity index (χ3v) is 3.43. The highest BCUT2D eigenvalue weighted by Crippen LogP contribution is 2.04. The van der Waals surface area contributed by atoms with E-state index in [1.807, 2.05) is 30.3 Å². The van der Waals surface area contributed by atoms with Crippen LogP contribution >= 0.6 is 0 Å². The van der Waals surface area contributed by atoms with Gasteiger partial charge in [-0.2, -0.15) is 0 Å². The second kappa shape index (κ2) is 11.0. The summed E-state index contributed by atoms with van der Waals surface area (Å²) >= 11 is 0. The summed E-state index contributed by atoms with van der Waals surface area (Å²) in [4.78, 5) is 40.0. The minimum Gasteiger partial charge on any atom is -0.461 e. The number of aromatic nitrogens is 2. The minimum absolute atomic E-state index is 0.0640. The van der Waals surface area contributed by atoms with E-state index < -0.39 is 0 Å². The predicted molar refractivity (Wildman–Crippen MR) is 104 cm³/mol. The minimum atomic E-state index is -0.362. The van der Waals surface area contributed by atoms with Crippen LogP contribution in [0.1, 0.15) is 32.2 Å². The first-order valence-corrected chi connectivity index (χ1v) is 8.39. The van der Waals surface area contributed by atoms with E-state index in [1.54, 1.807) is 36.4 Å². The van der Waals surface area contributed by atoms with Gasteiger partial charge in [-0.3, -0.25) is 14.4 Å². The third-order valence-electron chi connectivity index (χ3n) is 3.43. The molecule has 2 N–H and O–H groups in total. The molecule has 0 aliphatic rings. The molecule has 0 saturated heterocycles. The molecule has 142 valence electrons. The molecule has 0 spiro atoms. The summed E-state index contributed by atoms with van der Waals surface area (Å²) in [5.74, 6) is 0.0130. The standard InChI is InChI=1S/C15H13NO3.C6H6N2O/c17-10-14-8-4-7-13(16-14)9-15(18)19-11-12-5-2-1-3-6-12;7-6-3-1-2-5(4-9)8-6/h1-8,10H,9,11H2;1-4H,(H2,7,8). The van der Waals surface area contributed by atoms with Gasteiger partial charge in [-0.1, -0.05) is 42.5 Å². The fraction of sp³-hybridized carbons (Fsp3) is 0.0952. The molecular weight excluding hydrogens is 358 g/mol. The summed E-state index contributed by atoms with van der Waals surface area (Å²) in [6.07, 6.45) is 1.38. The Hall–Kier alpha value is -3.87. The Kier molecular flexibility index (Phi) is 8.01. The highest BCUT2D eigenvalue weighted by molar-refractivity contribution is 5.74. The Morgan fingerprint density at radius 1 is 0.857 bits per heavy atom. The van der Waals surface area contributed by atoms with Crippen molar-refractivity contribution in [3.8, 4) is 0 Å². The van der Waals surface area contributed by atoms with Crippen molar-refractivity contribution in [1.29, 1.82) is 0 Å². The lowest BCUT2D eigenvalue weighted by atomic mass is 10.2. The predicted octanol–water partition coefficient (Wildman–Crippen LogP) is 2.66. The van der Waals surface area contributed by atoms with Crippen LogP contribution in [0.15, 0.2) is 66.7 Å². The quantitative estimate of drug-likeness (QED) is 0.519. The first-order valence-electron chi connectivity index (χ1n) is 8.39. The largest absolute Gasteiger partial charge is 0.461 e. The molecule has 1 aromatic carbocycles. The molecule has 0 unspecified atom stereocenters. The van der Waals surface area contributed by atoms with Crippen LogP contribution in [0, 0.1) is 0 Å². The molecule has 0 fully saturated rings. The Morgan fingerprint density at radius 2 is 1.50 bits per heavy atom. The van der Waals surface area contributed by atoms with Crippen LogP contribution in [0.25, 0.3) is 0 Å². The van der Waals surface area contributed by atoms with Crippen LogP contribution in [0.4, 0.5) is 5.82 Å². The maximum Gasteiger partial charge on any atom is 0.312 e. The summed E-state index contributed by atoms with van der Waals surface area (Å²) in [6.45, 7) is 0.243. The molecular formula is C21H19N3O4. The average Bonchev–Trinajstić information content (AvgIpc) is 2.73. The molecule has 0 radical (unpaired) electrons. The molecule has 0 atom stereocenters. The number of benzene rings is 1. The molecule has 3 rings (SSSR count). The highest BCUT2D eigenvalue weighted by Gasteiger charge is 2.07. The summed E-state index contributed by atoms with van der Waals surface area (Å²) in [5, 5.41) is 0. The van der Waals surface area contributed by atoms with Crippen molar-refractivity contribution in [3.05, 3.63) is 89.4 Å². The van der Waals surface area contributed by atoms with E-state index in [2.05, 4.69) is 9.97 Å². The summed E-state index contributed by atoms with van der Waals surface area (Å²) in [7, 11) is 0. The highest BCUT2D eigenvalue weighted by atomic mass is 16.5. The summed E-state index contributed by atoms with van der Waals surface area (Å²) in [6, 6.07) is 19.3. The number of nitrogens with two attached hydrogens (primary N) is 1. The lowest BCUT2D eigenvalue weighted by molar-refractivity contribution is -0.144. The average molecular weight is 377 g/mol. The number of anilines is 1. The number of hydrogen-bond donors (Lipinski definition) is 1. The Bertz CT molecular complexity index is 930. The van der Waals surface area contributed by atoms with Crippen LogP contribution < -0.4 is 5.73 Å². The van der Waals surface area contributed by atoms with Crippen molar-refractivity contribution >= 4 is 24.4 Å². The van der Waals surface area contributed by atoms with Gasteiger partial charge >= 0.3 is 5.97 Å². The van der Waals surface area contributed by atoms with Crippen molar-refractivity contribution in [1.82, 2.24) is 9.97 Å². The number of nitrogen functional groups attached to an aromatic ring is 1. The van der Waals surface area contributed by atoms with Gasteiger partial charge in [0.05, 0.1) is 12.1 Å². The van der Waals surface area contributed by atoms with Crippen molar-refractivity contribution in [2.75, 3.05) is 5.73 Å². The molecule has 0 aliphatic heterocycles. The number of rotatable bonds is 6. The van der Waals surface area contributed by atoms with Gasteiger partial charge in [0.15, 0.2) is 12.6 Å². The smallest absolute Gasteiger partial charge is 0.312 e. The second-order valence-corrected chi connectivity index (χ2v) is 5.60. The van der Waals surface area contributed by atoms with Gasteiger partial charge in [0.1, 0.15) is 23.8 Å². The van der Waals surface area contributed by atoms with E-state index in [9.17, 15) is 14.4 Å². The number of aldehydes is 2. The number of nitrogens with zero attached hydrogens (tertiary/aromatic N) is 2. The molecule has 7 nitrogen and oxygen atoms in total. The molecule has 2 aromatic heterocycles. The van der Waals surface area contributed by atoms with Crippen LogP contribution in [-0.2, 0) is 22.6 Å². The molecule has 0 bridgehead atoms. The molecule has 0 aliphatic carbocycles. The van der Waals surface area contributed by atoms with Gasteiger partial charge in [-0.15, -0.1) is 0 Å². The first-order chi connectivity index (χ1) is 13.6. The number of carbonyl (C=O) groups excluding carboxylic acids is 3. The SMILES string of the molecule is Nc1cccc(C=O)n1.O=Cc1cccc(CC(=O)OCc2ccccc2)n1. The van der Waals surface area contributed by atoms with Crippen LogP contribution in [0.3, 0.4) is 0 Å². The van der Waals surface area contributed by atoms with E-state index in [0.717, 1.165) is 5.56 Å². The zero-order valence-corrected chi connectivity index (χ0v) is 15.0. The van der Waals surface area contributed by atoms with Gasteiger partial charge in [0.2, 0.25) is 0 Å². The Morgan fingerprint density at radius 3 is 2.11 bits per heavy atom. The zero-order valence-electron chi connectivity index (χ0n) is 15.0. The molecule has 0 amide bonds. The van der Waals surface area contributed by atoms with Crippen molar-refractivity contribution < 1.29 is 19.1 Å². The number of hydrogen-bond acceptors (Lipinski definition) is 7. The van der Waals surface area contributed by atoms with E-state index >= 15 is 0 Å². The lowest BCUT2D eigenvalue weighted by Crippen LogP contribution is -2.09. The Balaban J connectivity index is 0.000000261. The van der Waals surface area contributed by atoms with Gasteiger partial charge in [-0.05, 0) is 29.8 Å². The van der Waals surface area contributed by atoms with E-state index in [1.165, 1.54) is 0 Å². The van der Waals surface area contributed by atoms with E-state index in [0.29, 0.717) is 35.5 Å². The monoisotopic (exact) mass is 377 g/mol. The lowest BCUT2D eigenvalue weighted by Gasteiger charge is -2.04. The second-order valence-electron chi connectivity index (χ2n) is 5.60. The molecule has 2 heterocycles. The van der Waals surface area contributed by atoms with E-state index in [-0.39, 0.29) is 19.0 Å². The molecule has 3 aromatic rings. The van der Waals surface area contributed by atoms with Crippen LogP contribution in [0.2, 0.25) is 0 Å². The summed E-state index contributed by atoms with van der Waals surface area (Å²) in [5.41, 5.74) is 7.41. The molecule has 7 heteroatoms. The maximum absolute atomic E-state index is 11.6. The number of pyridine rings is 2. The van der Waals surface area contributed by atoms with Crippen molar-refractivity contribution in [3.63, 3.8) is 0 Å². The van der Waals surface area contributed by atoms with E-state index in [4.69, 9.17) is 10.5 Å². The van der Waals surface area contributed by atoms with Crippen molar-refractivity contribution in [2.45, 2.75) is 13.0 Å². The van der Waals surface area contributed by atoms with Crippen LogP contribution in [0.5, 0.6) is 0 Å². The molecule has 0 saturated carbocycles. The first kappa shape index (κ1) is 20.4. The van der Waals surface area contributed by atoms with Crippen molar-refractivity contribution in [2.24, 2.45) is 0 Å². The maximum atomic E-state index is 11.6. The number of esters is 1. The number of carbonyl (C=O) groups is 3. The topological polar surface area (TPSA) is 112 Å². The third kappa shape index (κ3) is 7.17. The fourth-order valence-electron chi connectivity index (χ4n) is 2.13. The zero-order chi connectivity index (χ0) is 20.2. The van der Waals surface area contributed by atoms with Gasteiger partial charge in [0, 0.05) is 0 Å². The number of ether oxygens (including phenoxy) is 1. The summed E-state index contributed by atoms with van der Waals surface area (Å²) < 4.78 is 5.14.